The molecule has 1 aliphatic heterocycles. The summed E-state index contributed by atoms with van der Waals surface area (Å²) in [5.74, 6) is -1.91. The molecule has 1 fully saturated rings. The molecule has 13 heavy (non-hydrogen) atoms. The van der Waals surface area contributed by atoms with Crippen molar-refractivity contribution >= 4 is 5.78 Å². The van der Waals surface area contributed by atoms with E-state index in [1.54, 1.807) is 6.92 Å². The van der Waals surface area contributed by atoms with E-state index in [0.717, 1.165) is 0 Å². The molecule has 1 aliphatic rings. The lowest BCUT2D eigenvalue weighted by Crippen LogP contribution is -2.27. The zero-order valence-electron chi connectivity index (χ0n) is 7.23. The van der Waals surface area contributed by atoms with Crippen LogP contribution in [-0.2, 0) is 9.53 Å². The minimum Gasteiger partial charge on any atom is -0.378 e. The van der Waals surface area contributed by atoms with Gasteiger partial charge in [0.25, 0.3) is 0 Å². The summed E-state index contributed by atoms with van der Waals surface area (Å²) in [4.78, 5) is 10.6. The van der Waals surface area contributed by atoms with Gasteiger partial charge in [0.15, 0.2) is 0 Å². The first kappa shape index (κ1) is 10.5. The maximum Gasteiger partial charge on any atom is 0.449 e. The number of ether oxygens (including phenoxy) is 1. The fourth-order valence-electron chi connectivity index (χ4n) is 1.40. The van der Waals surface area contributed by atoms with Crippen molar-refractivity contribution in [1.82, 2.24) is 0 Å². The maximum atomic E-state index is 11.8. The van der Waals surface area contributed by atoms with Crippen LogP contribution in [0.4, 0.5) is 13.2 Å². The summed E-state index contributed by atoms with van der Waals surface area (Å²) in [7, 11) is 0. The summed E-state index contributed by atoms with van der Waals surface area (Å²) < 4.78 is 40.6. The average molecular weight is 196 g/mol. The number of carbonyl (C=O) groups excluding carboxylic acids is 1. The molecule has 2 unspecified atom stereocenters. The molecule has 1 rings (SSSR count). The Morgan fingerprint density at radius 2 is 2.15 bits per heavy atom. The van der Waals surface area contributed by atoms with Gasteiger partial charge in [-0.2, -0.15) is 13.2 Å². The van der Waals surface area contributed by atoms with Gasteiger partial charge in [-0.15, -0.1) is 0 Å². The van der Waals surface area contributed by atoms with Crippen molar-refractivity contribution < 1.29 is 22.7 Å². The molecule has 1 saturated heterocycles. The molecule has 0 aliphatic carbocycles. The Morgan fingerprint density at radius 3 is 2.54 bits per heavy atom. The number of Topliss-reactive ketones (excluding diaryl/α,β-unsaturated/α-hetero) is 1. The van der Waals surface area contributed by atoms with Crippen LogP contribution in [0.5, 0.6) is 0 Å². The summed E-state index contributed by atoms with van der Waals surface area (Å²) in [6, 6.07) is 0. The summed E-state index contributed by atoms with van der Waals surface area (Å²) in [5, 5.41) is 0. The molecule has 2 nitrogen and oxygen atoms in total. The van der Waals surface area contributed by atoms with E-state index in [2.05, 4.69) is 0 Å². The van der Waals surface area contributed by atoms with Gasteiger partial charge in [-0.3, -0.25) is 4.79 Å². The lowest BCUT2D eigenvalue weighted by molar-refractivity contribution is -0.172. The molecule has 0 radical (unpaired) electrons. The molecule has 0 amide bonds. The number of rotatable bonds is 2. The number of alkyl halides is 3. The lowest BCUT2D eigenvalue weighted by atomic mass is 9.96. The van der Waals surface area contributed by atoms with E-state index >= 15 is 0 Å². The molecule has 0 N–H and O–H groups in total. The number of carbonyl (C=O) groups is 1. The predicted octanol–water partition coefficient (Wildman–Crippen LogP) is 1.93. The zero-order valence-corrected chi connectivity index (χ0v) is 7.23. The standard InChI is InChI=1S/C8H11F3O2/c1-5-6(2-3-13-5)4-7(12)8(9,10)11/h5-6H,2-4H2,1H3. The van der Waals surface area contributed by atoms with E-state index in [-0.39, 0.29) is 12.0 Å². The second-order valence-electron chi connectivity index (χ2n) is 3.25. The smallest absolute Gasteiger partial charge is 0.378 e. The highest BCUT2D eigenvalue weighted by Gasteiger charge is 2.40. The van der Waals surface area contributed by atoms with Crippen molar-refractivity contribution in [2.24, 2.45) is 5.92 Å². The monoisotopic (exact) mass is 196 g/mol. The first-order chi connectivity index (χ1) is 5.91. The van der Waals surface area contributed by atoms with Crippen LogP contribution < -0.4 is 0 Å². The molecule has 5 heteroatoms. The predicted molar refractivity (Wildman–Crippen MR) is 39.2 cm³/mol. The van der Waals surface area contributed by atoms with Gasteiger partial charge in [0.1, 0.15) is 0 Å². The van der Waals surface area contributed by atoms with Crippen LogP contribution in [0.3, 0.4) is 0 Å². The van der Waals surface area contributed by atoms with Crippen LogP contribution in [0, 0.1) is 5.92 Å². The topological polar surface area (TPSA) is 26.3 Å². The van der Waals surface area contributed by atoms with E-state index in [4.69, 9.17) is 4.74 Å². The second-order valence-corrected chi connectivity index (χ2v) is 3.25. The van der Waals surface area contributed by atoms with Gasteiger partial charge in [0, 0.05) is 13.0 Å². The molecule has 76 valence electrons. The molecule has 0 bridgehead atoms. The molecule has 0 aromatic heterocycles. The first-order valence-electron chi connectivity index (χ1n) is 4.13. The highest BCUT2D eigenvalue weighted by atomic mass is 19.4. The molecule has 1 heterocycles. The third-order valence-corrected chi connectivity index (χ3v) is 2.30. The normalized spacial score (nSPS) is 29.2. The fourth-order valence-corrected chi connectivity index (χ4v) is 1.40. The quantitative estimate of drug-likeness (QED) is 0.674. The fraction of sp³-hybridized carbons (Fsp3) is 0.875. The minimum atomic E-state index is -4.69. The third-order valence-electron chi connectivity index (χ3n) is 2.30. The van der Waals surface area contributed by atoms with Crippen molar-refractivity contribution in [2.45, 2.75) is 32.0 Å². The summed E-state index contributed by atoms with van der Waals surface area (Å²) >= 11 is 0. The lowest BCUT2D eigenvalue weighted by Gasteiger charge is -2.13. The molecule has 0 saturated carbocycles. The van der Waals surface area contributed by atoms with Crippen molar-refractivity contribution in [1.29, 1.82) is 0 Å². The van der Waals surface area contributed by atoms with Crippen LogP contribution in [-0.4, -0.2) is 24.7 Å². The van der Waals surface area contributed by atoms with Crippen LogP contribution in [0.25, 0.3) is 0 Å². The number of hydrogen-bond acceptors (Lipinski definition) is 2. The Labute approximate surface area is 74.1 Å². The van der Waals surface area contributed by atoms with Crippen LogP contribution in [0.2, 0.25) is 0 Å². The number of ketones is 1. The van der Waals surface area contributed by atoms with E-state index in [0.29, 0.717) is 13.0 Å². The Balaban J connectivity index is 2.45. The van der Waals surface area contributed by atoms with Gasteiger partial charge in [-0.1, -0.05) is 0 Å². The summed E-state index contributed by atoms with van der Waals surface area (Å²) in [5.41, 5.74) is 0. The van der Waals surface area contributed by atoms with Crippen LogP contribution in [0.1, 0.15) is 19.8 Å². The van der Waals surface area contributed by atoms with E-state index in [1.807, 2.05) is 0 Å². The molecule has 0 aromatic rings. The first-order valence-corrected chi connectivity index (χ1v) is 4.13. The van der Waals surface area contributed by atoms with Crippen LogP contribution >= 0.6 is 0 Å². The Hall–Kier alpha value is -0.580. The van der Waals surface area contributed by atoms with Gasteiger partial charge >= 0.3 is 6.18 Å². The number of hydrogen-bond donors (Lipinski definition) is 0. The van der Waals surface area contributed by atoms with Crippen molar-refractivity contribution in [3.8, 4) is 0 Å². The highest BCUT2D eigenvalue weighted by Crippen LogP contribution is 2.28. The van der Waals surface area contributed by atoms with E-state index in [9.17, 15) is 18.0 Å². The summed E-state index contributed by atoms with van der Waals surface area (Å²) in [6.45, 7) is 2.15. The molecule has 2 atom stereocenters. The molecular weight excluding hydrogens is 185 g/mol. The van der Waals surface area contributed by atoms with Crippen LogP contribution in [0.15, 0.2) is 0 Å². The van der Waals surface area contributed by atoms with E-state index < -0.39 is 18.4 Å². The van der Waals surface area contributed by atoms with Gasteiger partial charge in [-0.25, -0.2) is 0 Å². The summed E-state index contributed by atoms with van der Waals surface area (Å²) in [6.07, 6.45) is -4.82. The SMILES string of the molecule is CC1OCCC1CC(=O)C(F)(F)F. The largest absolute Gasteiger partial charge is 0.449 e. The molecule has 0 aromatic carbocycles. The van der Waals surface area contributed by atoms with Crippen molar-refractivity contribution in [3.63, 3.8) is 0 Å². The van der Waals surface area contributed by atoms with Gasteiger partial charge in [-0.05, 0) is 19.3 Å². The Morgan fingerprint density at radius 1 is 1.54 bits per heavy atom. The molecule has 0 spiro atoms. The number of halogens is 3. The zero-order chi connectivity index (χ0) is 10.1. The second kappa shape index (κ2) is 3.65. The van der Waals surface area contributed by atoms with Crippen molar-refractivity contribution in [3.05, 3.63) is 0 Å². The van der Waals surface area contributed by atoms with Crippen molar-refractivity contribution in [2.75, 3.05) is 6.61 Å². The van der Waals surface area contributed by atoms with Gasteiger partial charge in [0.05, 0.1) is 6.10 Å². The third kappa shape index (κ3) is 2.69. The highest BCUT2D eigenvalue weighted by molar-refractivity contribution is 5.84. The molecular formula is C8H11F3O2. The average Bonchev–Trinajstić information content (AvgIpc) is 2.34. The Kier molecular flexibility index (Phi) is 2.95. The van der Waals surface area contributed by atoms with E-state index in [1.165, 1.54) is 0 Å². The van der Waals surface area contributed by atoms with Gasteiger partial charge < -0.3 is 4.74 Å². The maximum absolute atomic E-state index is 11.8. The minimum absolute atomic E-state index is 0.230. The Bertz CT molecular complexity index is 200. The van der Waals surface area contributed by atoms with Gasteiger partial charge in [0.2, 0.25) is 5.78 Å².